The Morgan fingerprint density at radius 1 is 0.119 bits per heavy atom. The van der Waals surface area contributed by atoms with Crippen LogP contribution in [0.2, 0.25) is 0 Å². The molecule has 0 aliphatic carbocycles. The second-order valence-corrected chi connectivity index (χ2v) is 1.73. The summed E-state index contributed by atoms with van der Waals surface area (Å²) in [6.07, 6.45) is 0. The first-order chi connectivity index (χ1) is 10.4. The van der Waals surface area contributed by atoms with E-state index in [2.05, 4.69) is 0 Å². The predicted molar refractivity (Wildman–Crippen MR) is 34.5 cm³/mol. The van der Waals surface area contributed by atoms with Gasteiger partial charge in [-0.05, 0) is 0 Å². The van der Waals surface area contributed by atoms with E-state index in [-0.39, 0.29) is 1240 Å². The summed E-state index contributed by atoms with van der Waals surface area (Å²) in [5.41, 5.74) is 0. The van der Waals surface area contributed by atoms with Crippen LogP contribution in [-0.4, -0.2) is 43.9 Å². The second-order valence-electron chi connectivity index (χ2n) is 1.73. The Morgan fingerprint density at radius 2 is 0.119 bits per heavy atom. The molecular formula is B6Cs18O18. The van der Waals surface area contributed by atoms with Crippen LogP contribution in [0.15, 0.2) is 0 Å². The zero-order valence-corrected chi connectivity index (χ0v) is 142. The van der Waals surface area contributed by atoms with E-state index in [0.717, 1.165) is 0 Å². The third-order valence-electron chi connectivity index (χ3n) is 0. The van der Waals surface area contributed by atoms with E-state index in [4.69, 9.17) is 90.4 Å². The van der Waals surface area contributed by atoms with Crippen LogP contribution in [0.25, 0.3) is 0 Å². The molecule has 0 bridgehead atoms. The van der Waals surface area contributed by atoms with E-state index >= 15 is 0 Å². The number of hydrogen-bond acceptors (Lipinski definition) is 18. The van der Waals surface area contributed by atoms with Crippen molar-refractivity contribution in [2.45, 2.75) is 0 Å². The van der Waals surface area contributed by atoms with Gasteiger partial charge in [-0.3, -0.25) is 43.9 Å². The smallest absolute Gasteiger partial charge is 0.907 e. The Balaban J connectivity index is -0.00000000388. The average molecular weight is 2750 g/mol. The van der Waals surface area contributed by atoms with Gasteiger partial charge in [0.05, 0.1) is 0 Å². The van der Waals surface area contributed by atoms with E-state index < -0.39 is 43.9 Å². The summed E-state index contributed by atoms with van der Waals surface area (Å²) in [7, 11) is -17.5. The summed E-state index contributed by atoms with van der Waals surface area (Å²) in [6, 6.07) is 0. The molecule has 42 heavy (non-hydrogen) atoms. The molecule has 0 saturated heterocycles. The van der Waals surface area contributed by atoms with Crippen molar-refractivity contribution >= 4 is 43.9 Å². The molecule has 18 nitrogen and oxygen atoms in total. The molecule has 0 aliphatic heterocycles. The average Bonchev–Trinajstić information content (AvgIpc) is 2.08. The van der Waals surface area contributed by atoms with Crippen LogP contribution in [0.5, 0.6) is 0 Å². The first kappa shape index (κ1) is 159. The number of hydrogen-bond donors (Lipinski definition) is 0. The normalized spacial score (nSPS) is 3.86. The van der Waals surface area contributed by atoms with Gasteiger partial charge in [-0.15, -0.1) is 0 Å². The molecule has 0 fully saturated rings. The van der Waals surface area contributed by atoms with E-state index in [1.165, 1.54) is 0 Å². The van der Waals surface area contributed by atoms with Gasteiger partial charge < -0.3 is 90.4 Å². The van der Waals surface area contributed by atoms with Gasteiger partial charge >= 0.3 is 1240 Å². The van der Waals surface area contributed by atoms with Crippen molar-refractivity contribution in [2.24, 2.45) is 0 Å². The molecule has 0 atom stereocenters. The summed E-state index contributed by atoms with van der Waals surface area (Å²) < 4.78 is 0. The van der Waals surface area contributed by atoms with E-state index in [1.54, 1.807) is 0 Å². The topological polar surface area (TPSA) is 415 Å². The van der Waals surface area contributed by atoms with Gasteiger partial charge in [0.2, 0.25) is 0 Å². The Bertz CT molecular complexity index is 136. The summed E-state index contributed by atoms with van der Waals surface area (Å²) >= 11 is 0. The van der Waals surface area contributed by atoms with Crippen LogP contribution in [0.4, 0.5) is 0 Å². The van der Waals surface area contributed by atoms with E-state index in [0.29, 0.717) is 0 Å². The summed E-state index contributed by atoms with van der Waals surface area (Å²) in [6.45, 7) is 0. The van der Waals surface area contributed by atoms with Crippen LogP contribution < -0.4 is 1330 Å². The molecule has 0 saturated carbocycles. The third kappa shape index (κ3) is 327. The quantitative estimate of drug-likeness (QED) is 0.203. The van der Waals surface area contributed by atoms with Crippen LogP contribution in [0.3, 0.4) is 0 Å². The van der Waals surface area contributed by atoms with Crippen LogP contribution in [-0.2, 0) is 0 Å². The molecule has 0 radical (unpaired) electrons. The zero-order chi connectivity index (χ0) is 21.5. The summed E-state index contributed by atoms with van der Waals surface area (Å²) in [4.78, 5) is 0. The maximum atomic E-state index is 8.42. The maximum absolute atomic E-state index is 8.42. The van der Waals surface area contributed by atoms with Crippen molar-refractivity contribution in [1.82, 2.24) is 0 Å². The first-order valence-corrected chi connectivity index (χ1v) is 4.24. The Morgan fingerprint density at radius 3 is 0.119 bits per heavy atom. The molecule has 0 heterocycles. The molecule has 0 aromatic rings. The first-order valence-electron chi connectivity index (χ1n) is 4.24. The van der Waals surface area contributed by atoms with E-state index in [1.807, 2.05) is 0 Å². The third-order valence-corrected chi connectivity index (χ3v) is 0. The van der Waals surface area contributed by atoms with Gasteiger partial charge in [0.1, 0.15) is 0 Å². The van der Waals surface area contributed by atoms with Crippen molar-refractivity contribution in [1.29, 1.82) is 0 Å². The second kappa shape index (κ2) is 153. The molecular weight excluding hydrogens is 2750 g/mol. The molecule has 0 rings (SSSR count). The Hall–Kier alpha value is 36.6. The molecule has 42 heteroatoms. The fourth-order valence-electron chi connectivity index (χ4n) is 0. The molecule has 0 aliphatic rings. The van der Waals surface area contributed by atoms with Crippen LogP contribution >= 0.6 is 0 Å². The van der Waals surface area contributed by atoms with Gasteiger partial charge in [0.25, 0.3) is 0 Å². The molecule has 0 N–H and O–H groups in total. The van der Waals surface area contributed by atoms with Crippen molar-refractivity contribution in [2.75, 3.05) is 0 Å². The van der Waals surface area contributed by atoms with Gasteiger partial charge in [0, 0.05) is 0 Å². The molecule has 0 spiro atoms. The predicted octanol–water partition coefficient (Wildman–Crippen LogP) is -77.6. The Labute approximate surface area is 1310 Å². The largest absolute Gasteiger partial charge is 1.00 e. The SMILES string of the molecule is [Cs+].[Cs+].[Cs+].[Cs+].[Cs+].[Cs+].[Cs+].[Cs+].[Cs+].[Cs+].[Cs+].[Cs+].[Cs+].[Cs+].[Cs+].[Cs+].[Cs+].[Cs+].[O-]B([O-])[O-].[O-]B([O-])[O-].[O-]B([O-])[O-].[O-]B([O-])[O-].[O-]B([O-])[O-].[O-]B([O-])[O-]. The van der Waals surface area contributed by atoms with Crippen molar-refractivity contribution in [3.8, 4) is 0 Å². The maximum Gasteiger partial charge on any atom is 1.00 e. The summed E-state index contributed by atoms with van der Waals surface area (Å²) in [5.74, 6) is 0. The Kier molecular flexibility index (Phi) is 577. The zero-order valence-electron chi connectivity index (χ0n) is 28.8. The summed E-state index contributed by atoms with van der Waals surface area (Å²) in [5, 5.41) is 152. The van der Waals surface area contributed by atoms with Gasteiger partial charge in [-0.1, -0.05) is 0 Å². The standard InChI is InChI=1S/6BO3.18Cs/c6*2-1(3)4;;;;;;;;;;;;;;;;;;/q6*-3;18*+1. The molecule has 0 aromatic carbocycles. The fraction of sp³-hybridized carbons (Fsp3) is 0. The van der Waals surface area contributed by atoms with Gasteiger partial charge in [-0.2, -0.15) is 0 Å². The molecule has 0 amide bonds. The minimum Gasteiger partial charge on any atom is -0.907 e. The van der Waals surface area contributed by atoms with Gasteiger partial charge in [0.15, 0.2) is 0 Å². The monoisotopic (exact) mass is 2750 g/mol. The van der Waals surface area contributed by atoms with Crippen LogP contribution in [0, 0.1) is 0 Å². The van der Waals surface area contributed by atoms with Crippen LogP contribution in [0.1, 0.15) is 0 Å². The van der Waals surface area contributed by atoms with Crippen molar-refractivity contribution < 1.29 is 1330 Å². The van der Waals surface area contributed by atoms with E-state index in [9.17, 15) is 0 Å². The van der Waals surface area contributed by atoms with Crippen molar-refractivity contribution in [3.63, 3.8) is 0 Å². The number of rotatable bonds is 0. The molecule has 0 aromatic heterocycles. The van der Waals surface area contributed by atoms with Gasteiger partial charge in [-0.25, -0.2) is 0 Å². The fourth-order valence-corrected chi connectivity index (χ4v) is 0. The minimum atomic E-state index is -2.92. The van der Waals surface area contributed by atoms with Crippen molar-refractivity contribution in [3.05, 3.63) is 0 Å². The minimum absolute atomic E-state index is 0. The molecule has 0 unspecified atom stereocenters. The molecule has 144 valence electrons.